The third-order valence-corrected chi connectivity index (χ3v) is 9.81. The highest BCUT2D eigenvalue weighted by atomic mass is 16.6. The van der Waals surface area contributed by atoms with Crippen molar-refractivity contribution >= 4 is 17.8 Å². The van der Waals surface area contributed by atoms with Crippen LogP contribution in [0.1, 0.15) is 66.6 Å². The summed E-state index contributed by atoms with van der Waals surface area (Å²) in [4.78, 5) is 30.0. The molecule has 4 saturated carbocycles. The number of likely N-dealkylation sites (tertiary alicyclic amines) is 1. The van der Waals surface area contributed by atoms with Crippen LogP contribution in [-0.2, 0) is 18.4 Å². The molecule has 7 rings (SSSR count). The summed E-state index contributed by atoms with van der Waals surface area (Å²) in [5.41, 5.74) is 1.83. The Hall–Kier alpha value is -3.07. The molecule has 5 aliphatic rings. The first-order chi connectivity index (χ1) is 18.7. The van der Waals surface area contributed by atoms with Gasteiger partial charge in [0, 0.05) is 44.8 Å². The molecule has 9 heteroatoms. The Kier molecular flexibility index (Phi) is 6.81. The molecule has 1 saturated heterocycles. The standard InChI is InChI=1S/C30H41N5O4/c1-19-25(27(36)31-26-22-13-21-14-23(26)17-30(38,15-21)16-22)32-34(3)28(19)33(2)24-9-11-35(12-10-24)29(37)39-18-20-7-5-4-6-8-20/h4-8,21-24,26,38H,9-18H2,1-3H3,(H,31,36)/t21?,22?,23?,26-,30-. The first-order valence-electron chi connectivity index (χ1n) is 14.5. The summed E-state index contributed by atoms with van der Waals surface area (Å²) >= 11 is 0. The van der Waals surface area contributed by atoms with Gasteiger partial charge in [0.15, 0.2) is 5.69 Å². The minimum Gasteiger partial charge on any atom is -0.445 e. The van der Waals surface area contributed by atoms with E-state index in [4.69, 9.17) is 4.74 Å². The lowest BCUT2D eigenvalue weighted by Gasteiger charge is -2.58. The highest BCUT2D eigenvalue weighted by molar-refractivity contribution is 5.95. The van der Waals surface area contributed by atoms with Crippen LogP contribution in [-0.4, -0.2) is 69.6 Å². The monoisotopic (exact) mass is 535 g/mol. The van der Waals surface area contributed by atoms with Crippen LogP contribution in [0.4, 0.5) is 10.6 Å². The van der Waals surface area contributed by atoms with Crippen LogP contribution in [0.15, 0.2) is 30.3 Å². The van der Waals surface area contributed by atoms with Crippen molar-refractivity contribution in [3.8, 4) is 0 Å². The van der Waals surface area contributed by atoms with Gasteiger partial charge in [-0.05, 0) is 75.2 Å². The van der Waals surface area contributed by atoms with Crippen LogP contribution < -0.4 is 10.2 Å². The van der Waals surface area contributed by atoms with E-state index in [0.29, 0.717) is 36.5 Å². The first-order valence-corrected chi connectivity index (χ1v) is 14.5. The van der Waals surface area contributed by atoms with Gasteiger partial charge in [0.05, 0.1) is 5.60 Å². The van der Waals surface area contributed by atoms with Gasteiger partial charge in [0.1, 0.15) is 12.4 Å². The van der Waals surface area contributed by atoms with Crippen LogP contribution in [0.25, 0.3) is 0 Å². The number of hydrogen-bond donors (Lipinski definition) is 2. The van der Waals surface area contributed by atoms with Gasteiger partial charge >= 0.3 is 6.09 Å². The van der Waals surface area contributed by atoms with Gasteiger partial charge < -0.3 is 25.0 Å². The van der Waals surface area contributed by atoms with Crippen LogP contribution >= 0.6 is 0 Å². The minimum absolute atomic E-state index is 0.108. The fraction of sp³-hybridized carbons (Fsp3) is 0.633. The average Bonchev–Trinajstić information content (AvgIpc) is 3.22. The van der Waals surface area contributed by atoms with Gasteiger partial charge in [-0.2, -0.15) is 5.10 Å². The second-order valence-electron chi connectivity index (χ2n) is 12.5. The maximum Gasteiger partial charge on any atom is 0.410 e. The van der Waals surface area contributed by atoms with Crippen molar-refractivity contribution in [1.29, 1.82) is 0 Å². The van der Waals surface area contributed by atoms with Gasteiger partial charge in [-0.3, -0.25) is 9.48 Å². The molecule has 210 valence electrons. The molecular formula is C30H41N5O4. The molecule has 2 unspecified atom stereocenters. The smallest absolute Gasteiger partial charge is 0.410 e. The molecule has 2 N–H and O–H groups in total. The number of nitrogens with one attached hydrogen (secondary N) is 1. The quantitative estimate of drug-likeness (QED) is 0.586. The largest absolute Gasteiger partial charge is 0.445 e. The number of nitrogens with zero attached hydrogens (tertiary/aromatic N) is 4. The Bertz CT molecular complexity index is 1210. The van der Waals surface area contributed by atoms with E-state index >= 15 is 0 Å². The van der Waals surface area contributed by atoms with Crippen LogP contribution in [0.5, 0.6) is 0 Å². The Morgan fingerprint density at radius 3 is 2.44 bits per heavy atom. The minimum atomic E-state index is -0.511. The van der Waals surface area contributed by atoms with E-state index < -0.39 is 5.60 Å². The lowest BCUT2D eigenvalue weighted by Crippen LogP contribution is -2.61. The number of hydrogen-bond acceptors (Lipinski definition) is 6. The normalized spacial score (nSPS) is 29.9. The number of carbonyl (C=O) groups is 2. The van der Waals surface area contributed by atoms with Crippen molar-refractivity contribution in [2.75, 3.05) is 25.0 Å². The van der Waals surface area contributed by atoms with Crippen molar-refractivity contribution in [3.63, 3.8) is 0 Å². The molecule has 0 spiro atoms. The maximum absolute atomic E-state index is 13.5. The fourth-order valence-corrected chi connectivity index (χ4v) is 8.19. The van der Waals surface area contributed by atoms with Crippen LogP contribution in [0, 0.1) is 24.7 Å². The molecule has 1 aliphatic heterocycles. The second kappa shape index (κ2) is 10.2. The van der Waals surface area contributed by atoms with E-state index in [1.54, 1.807) is 4.90 Å². The summed E-state index contributed by atoms with van der Waals surface area (Å²) in [6.45, 7) is 3.52. The van der Waals surface area contributed by atoms with Crippen molar-refractivity contribution < 1.29 is 19.4 Å². The predicted molar refractivity (Wildman–Crippen MR) is 147 cm³/mol. The number of anilines is 1. The van der Waals surface area contributed by atoms with E-state index in [1.807, 2.05) is 49.0 Å². The number of aryl methyl sites for hydroxylation is 1. The predicted octanol–water partition coefficient (Wildman–Crippen LogP) is 3.64. The van der Waals surface area contributed by atoms with Crippen molar-refractivity contribution in [2.24, 2.45) is 24.8 Å². The fourth-order valence-electron chi connectivity index (χ4n) is 8.19. The molecule has 4 bridgehead atoms. The van der Waals surface area contributed by atoms with E-state index in [-0.39, 0.29) is 30.7 Å². The summed E-state index contributed by atoms with van der Waals surface area (Å²) in [5, 5.41) is 18.9. The van der Waals surface area contributed by atoms with Gasteiger partial charge in [-0.1, -0.05) is 30.3 Å². The van der Waals surface area contributed by atoms with Gasteiger partial charge in [-0.15, -0.1) is 0 Å². The topological polar surface area (TPSA) is 99.9 Å². The summed E-state index contributed by atoms with van der Waals surface area (Å²) in [6, 6.07) is 10.1. The maximum atomic E-state index is 13.5. The molecule has 2 heterocycles. The molecule has 39 heavy (non-hydrogen) atoms. The first kappa shape index (κ1) is 26.2. The van der Waals surface area contributed by atoms with E-state index in [2.05, 4.69) is 22.4 Å². The Labute approximate surface area is 230 Å². The zero-order valence-electron chi connectivity index (χ0n) is 23.3. The Balaban J connectivity index is 1.06. The van der Waals surface area contributed by atoms with Gasteiger partial charge in [0.2, 0.25) is 0 Å². The number of amides is 2. The van der Waals surface area contributed by atoms with E-state index in [9.17, 15) is 14.7 Å². The molecule has 4 aliphatic carbocycles. The highest BCUT2D eigenvalue weighted by Gasteiger charge is 2.55. The molecule has 2 amide bonds. The molecule has 1 aromatic heterocycles. The molecule has 5 fully saturated rings. The van der Waals surface area contributed by atoms with Gasteiger partial charge in [0.25, 0.3) is 5.91 Å². The lowest BCUT2D eigenvalue weighted by atomic mass is 9.52. The zero-order valence-corrected chi connectivity index (χ0v) is 23.3. The number of aromatic nitrogens is 2. The summed E-state index contributed by atoms with van der Waals surface area (Å²) in [7, 11) is 3.95. The Morgan fingerprint density at radius 1 is 1.13 bits per heavy atom. The molecular weight excluding hydrogens is 494 g/mol. The SMILES string of the molecule is Cc1c(C(=O)N[C@H]2C3CC4CC2C[C@](O)(C4)C3)nn(C)c1N(C)C1CCN(C(=O)OCc2ccccc2)CC1. The molecule has 2 aromatic rings. The lowest BCUT2D eigenvalue weighted by molar-refractivity contribution is -0.136. The second-order valence-corrected chi connectivity index (χ2v) is 12.5. The number of benzene rings is 1. The van der Waals surface area contributed by atoms with Gasteiger partial charge in [-0.25, -0.2) is 4.79 Å². The number of rotatable bonds is 6. The Morgan fingerprint density at radius 2 is 1.79 bits per heavy atom. The molecule has 2 atom stereocenters. The summed E-state index contributed by atoms with van der Waals surface area (Å²) in [6.07, 6.45) is 6.12. The average molecular weight is 536 g/mol. The number of piperidine rings is 1. The van der Waals surface area contributed by atoms with Crippen LogP contribution in [0.3, 0.4) is 0 Å². The summed E-state index contributed by atoms with van der Waals surface area (Å²) < 4.78 is 7.33. The van der Waals surface area contributed by atoms with Crippen molar-refractivity contribution in [3.05, 3.63) is 47.2 Å². The van der Waals surface area contributed by atoms with Crippen LogP contribution in [0.2, 0.25) is 0 Å². The number of aliphatic hydroxyl groups is 1. The number of ether oxygens (including phenoxy) is 1. The molecule has 1 aromatic carbocycles. The number of carbonyl (C=O) groups excluding carboxylic acids is 2. The van der Waals surface area contributed by atoms with Crippen molar-refractivity contribution in [2.45, 2.75) is 76.2 Å². The highest BCUT2D eigenvalue weighted by Crippen LogP contribution is 2.55. The summed E-state index contributed by atoms with van der Waals surface area (Å²) in [5.74, 6) is 2.16. The third kappa shape index (κ3) is 5.01. The molecule has 9 nitrogen and oxygen atoms in total. The zero-order chi connectivity index (χ0) is 27.3. The van der Waals surface area contributed by atoms with Crippen molar-refractivity contribution in [1.82, 2.24) is 20.0 Å². The van der Waals surface area contributed by atoms with E-state index in [0.717, 1.165) is 61.9 Å². The van der Waals surface area contributed by atoms with E-state index in [1.165, 1.54) is 0 Å². The molecule has 0 radical (unpaired) electrons. The third-order valence-electron chi connectivity index (χ3n) is 9.81.